The number of aliphatic imine (C=N–C) groups is 1. The maximum Gasteiger partial charge on any atom is 1.00 e. The van der Waals surface area contributed by atoms with Crippen molar-refractivity contribution in [2.24, 2.45) is 4.99 Å². The molecule has 0 rings (SSSR count). The minimum atomic E-state index is 0. The maximum atomic E-state index is 9.73. The first-order valence-electron chi connectivity index (χ1n) is 2.99. The molecular weight excluding hydrogens is 165 g/mol. The van der Waals surface area contributed by atoms with Gasteiger partial charge in [0.25, 0.3) is 0 Å². The zero-order chi connectivity index (χ0) is 8.36. The third kappa shape index (κ3) is 12.1. The second kappa shape index (κ2) is 13.0. The van der Waals surface area contributed by atoms with Gasteiger partial charge in [-0.15, -0.1) is 6.26 Å². The van der Waals surface area contributed by atoms with Crippen molar-refractivity contribution >= 4 is 12.5 Å². The number of carbonyl (C=O) groups excluding carboxylic acids is 1. The summed E-state index contributed by atoms with van der Waals surface area (Å²) in [5.41, 5.74) is 0. The summed E-state index contributed by atoms with van der Waals surface area (Å²) in [7, 11) is 0. The quantitative estimate of drug-likeness (QED) is 0.115. The standard InChI is InChI=1S/C8H9NO2.Na/c10-7-3-1-2-5-9-6-4-8-11;/h1-8,10H;/q;+1/p-1/b2-1+,6-4+,7-3+,9-5+;. The van der Waals surface area contributed by atoms with Gasteiger partial charge in [0.15, 0.2) is 0 Å². The Balaban J connectivity index is 0. The molecule has 3 nitrogen and oxygen atoms in total. The van der Waals surface area contributed by atoms with Gasteiger partial charge in [-0.05, 0) is 12.2 Å². The number of nitrogens with zero attached hydrogens (tertiary/aromatic N) is 1. The van der Waals surface area contributed by atoms with Crippen LogP contribution in [0.4, 0.5) is 0 Å². The molecule has 4 heteroatoms. The molecule has 0 unspecified atom stereocenters. The molecule has 0 fully saturated rings. The van der Waals surface area contributed by atoms with Crippen molar-refractivity contribution in [3.05, 3.63) is 36.8 Å². The predicted octanol–water partition coefficient (Wildman–Crippen LogP) is -2.80. The Kier molecular flexibility index (Phi) is 15.1. The second-order valence-corrected chi connectivity index (χ2v) is 1.49. The molecule has 0 atom stereocenters. The summed E-state index contributed by atoms with van der Waals surface area (Å²) in [4.78, 5) is 13.4. The van der Waals surface area contributed by atoms with Crippen molar-refractivity contribution in [3.8, 4) is 0 Å². The molecule has 0 aromatic heterocycles. The van der Waals surface area contributed by atoms with Crippen LogP contribution in [0.25, 0.3) is 0 Å². The van der Waals surface area contributed by atoms with Crippen molar-refractivity contribution in [3.63, 3.8) is 0 Å². The minimum Gasteiger partial charge on any atom is -0.878 e. The molecule has 0 aliphatic carbocycles. The molecule has 0 aliphatic heterocycles. The normalized spacial score (nSPS) is 11.7. The molecule has 12 heavy (non-hydrogen) atoms. The van der Waals surface area contributed by atoms with Gasteiger partial charge < -0.3 is 5.11 Å². The van der Waals surface area contributed by atoms with Crippen LogP contribution >= 0.6 is 0 Å². The van der Waals surface area contributed by atoms with Crippen molar-refractivity contribution in [1.82, 2.24) is 0 Å². The van der Waals surface area contributed by atoms with Gasteiger partial charge in [-0.3, -0.25) is 9.79 Å². The third-order valence-electron chi connectivity index (χ3n) is 0.724. The van der Waals surface area contributed by atoms with Crippen molar-refractivity contribution < 1.29 is 39.5 Å². The summed E-state index contributed by atoms with van der Waals surface area (Å²) in [6.45, 7) is 0. The van der Waals surface area contributed by atoms with E-state index in [1.54, 1.807) is 12.2 Å². The third-order valence-corrected chi connectivity index (χ3v) is 0.724. The van der Waals surface area contributed by atoms with Crippen molar-refractivity contribution in [2.75, 3.05) is 0 Å². The fourth-order valence-electron chi connectivity index (χ4n) is 0.343. The van der Waals surface area contributed by atoms with E-state index >= 15 is 0 Å². The largest absolute Gasteiger partial charge is 1.00 e. The Morgan fingerprint density at radius 3 is 2.42 bits per heavy atom. The van der Waals surface area contributed by atoms with E-state index in [1.807, 2.05) is 0 Å². The molecule has 0 saturated heterocycles. The summed E-state index contributed by atoms with van der Waals surface area (Å²) in [5.74, 6) is 0. The molecular formula is C8H8NNaO2. The van der Waals surface area contributed by atoms with Gasteiger partial charge in [0.1, 0.15) is 6.29 Å². The number of rotatable bonds is 4. The van der Waals surface area contributed by atoms with Crippen LogP contribution in [0.2, 0.25) is 0 Å². The van der Waals surface area contributed by atoms with Gasteiger partial charge in [0.2, 0.25) is 0 Å². The van der Waals surface area contributed by atoms with Gasteiger partial charge in [0.05, 0.1) is 0 Å². The summed E-state index contributed by atoms with van der Waals surface area (Å²) in [5, 5.41) is 9.73. The smallest absolute Gasteiger partial charge is 0.878 e. The molecule has 58 valence electrons. The topological polar surface area (TPSA) is 52.5 Å². The first-order valence-corrected chi connectivity index (χ1v) is 2.99. The molecule has 0 heterocycles. The first-order chi connectivity index (χ1) is 5.41. The van der Waals surface area contributed by atoms with E-state index in [1.165, 1.54) is 24.6 Å². The molecule has 0 aromatic carbocycles. The number of hydrogen-bond acceptors (Lipinski definition) is 3. The van der Waals surface area contributed by atoms with Gasteiger partial charge >= 0.3 is 29.6 Å². The molecule has 0 amide bonds. The SMILES string of the molecule is O=C/C=C/N=C/C=C/C=C/[O-].[Na+]. The molecule has 0 saturated carbocycles. The van der Waals surface area contributed by atoms with Crippen LogP contribution in [0.5, 0.6) is 0 Å². The van der Waals surface area contributed by atoms with E-state index in [0.717, 1.165) is 0 Å². The molecule has 0 bridgehead atoms. The Morgan fingerprint density at radius 2 is 1.83 bits per heavy atom. The van der Waals surface area contributed by atoms with Crippen LogP contribution in [0.3, 0.4) is 0 Å². The average Bonchev–Trinajstić information content (AvgIpc) is 2.03. The fraction of sp³-hybridized carbons (Fsp3) is 0. The van der Waals surface area contributed by atoms with Crippen LogP contribution in [-0.4, -0.2) is 12.5 Å². The summed E-state index contributed by atoms with van der Waals surface area (Å²) in [6, 6.07) is 0. The average molecular weight is 173 g/mol. The first kappa shape index (κ1) is 13.9. The van der Waals surface area contributed by atoms with Crippen molar-refractivity contribution in [1.29, 1.82) is 0 Å². The second-order valence-electron chi connectivity index (χ2n) is 1.49. The minimum absolute atomic E-state index is 0. The van der Waals surface area contributed by atoms with Crippen molar-refractivity contribution in [2.45, 2.75) is 0 Å². The zero-order valence-electron chi connectivity index (χ0n) is 6.88. The van der Waals surface area contributed by atoms with Gasteiger partial charge in [-0.2, -0.15) is 0 Å². The van der Waals surface area contributed by atoms with E-state index in [2.05, 4.69) is 4.99 Å². The molecule has 0 aromatic rings. The summed E-state index contributed by atoms with van der Waals surface area (Å²) < 4.78 is 0. The Labute approximate surface area is 93.5 Å². The van der Waals surface area contributed by atoms with Crippen LogP contribution in [0.15, 0.2) is 41.8 Å². The van der Waals surface area contributed by atoms with E-state index in [9.17, 15) is 9.90 Å². The van der Waals surface area contributed by atoms with E-state index in [-0.39, 0.29) is 29.6 Å². The summed E-state index contributed by atoms with van der Waals surface area (Å²) >= 11 is 0. The van der Waals surface area contributed by atoms with Crippen LogP contribution < -0.4 is 34.7 Å². The number of allylic oxidation sites excluding steroid dienone is 4. The molecule has 0 aliphatic rings. The van der Waals surface area contributed by atoms with Gasteiger partial charge in [-0.1, -0.05) is 12.2 Å². The Hall–Kier alpha value is -0.640. The number of hydrogen-bond donors (Lipinski definition) is 0. The van der Waals surface area contributed by atoms with Gasteiger partial charge in [-0.25, -0.2) is 0 Å². The van der Waals surface area contributed by atoms with E-state index < -0.39 is 0 Å². The number of aldehydes is 1. The molecule has 0 spiro atoms. The monoisotopic (exact) mass is 173 g/mol. The Morgan fingerprint density at radius 1 is 1.08 bits per heavy atom. The zero-order valence-corrected chi connectivity index (χ0v) is 8.88. The maximum absolute atomic E-state index is 9.73. The van der Waals surface area contributed by atoms with E-state index in [4.69, 9.17) is 0 Å². The van der Waals surface area contributed by atoms with Crippen LogP contribution in [0, 0.1) is 0 Å². The molecule has 0 N–H and O–H groups in total. The molecule has 0 radical (unpaired) electrons. The van der Waals surface area contributed by atoms with Crippen LogP contribution in [0.1, 0.15) is 0 Å². The van der Waals surface area contributed by atoms with Crippen LogP contribution in [-0.2, 0) is 4.79 Å². The fourth-order valence-corrected chi connectivity index (χ4v) is 0.343. The summed E-state index contributed by atoms with van der Waals surface area (Å²) in [6.07, 6.45) is 9.89. The van der Waals surface area contributed by atoms with E-state index in [0.29, 0.717) is 12.5 Å². The number of carbonyl (C=O) groups is 1. The predicted molar refractivity (Wildman–Crippen MR) is 42.0 cm³/mol. The Bertz CT molecular complexity index is 207. The van der Waals surface area contributed by atoms with Gasteiger partial charge in [0, 0.05) is 12.4 Å².